The molecule has 3 rings (SSSR count). The second-order valence-electron chi connectivity index (χ2n) is 5.49. The number of hydrogen-bond acceptors (Lipinski definition) is 4. The number of benzene rings is 2. The van der Waals surface area contributed by atoms with Crippen LogP contribution in [0.2, 0.25) is 0 Å². The van der Waals surface area contributed by atoms with Crippen molar-refractivity contribution in [3.63, 3.8) is 0 Å². The van der Waals surface area contributed by atoms with Gasteiger partial charge in [-0.15, -0.1) is 0 Å². The maximum absolute atomic E-state index is 12.3. The van der Waals surface area contributed by atoms with Gasteiger partial charge in [-0.1, -0.05) is 46.3 Å². The molecule has 0 aliphatic heterocycles. The van der Waals surface area contributed by atoms with Crippen LogP contribution < -0.4 is 5.32 Å². The highest BCUT2D eigenvalue weighted by Gasteiger charge is 2.18. The first kappa shape index (κ1) is 17.7. The van der Waals surface area contributed by atoms with Gasteiger partial charge < -0.3 is 4.74 Å². The predicted molar refractivity (Wildman–Crippen MR) is 101 cm³/mol. The average Bonchev–Trinajstić information content (AvgIpc) is 3.05. The van der Waals surface area contributed by atoms with Crippen molar-refractivity contribution < 1.29 is 9.53 Å². The molecule has 1 amide bonds. The molecule has 0 spiro atoms. The highest BCUT2D eigenvalue weighted by atomic mass is 79.9. The van der Waals surface area contributed by atoms with Crippen LogP contribution in [0.5, 0.6) is 0 Å². The molecule has 2 aromatic carbocycles. The third-order valence-electron chi connectivity index (χ3n) is 3.73. The number of aromatic nitrogens is 2. The van der Waals surface area contributed by atoms with Crippen molar-refractivity contribution in [3.8, 4) is 11.8 Å². The summed E-state index contributed by atoms with van der Waals surface area (Å²) in [7, 11) is 0. The Morgan fingerprint density at radius 2 is 1.92 bits per heavy atom. The molecule has 0 bridgehead atoms. The third kappa shape index (κ3) is 3.92. The van der Waals surface area contributed by atoms with Crippen molar-refractivity contribution in [2.45, 2.75) is 13.0 Å². The Labute approximate surface area is 159 Å². The van der Waals surface area contributed by atoms with Gasteiger partial charge in [0, 0.05) is 4.47 Å². The standard InChI is InChI=1S/C19H15BrN4O2/c1-13(14-5-3-2-4-6-14)26-19(25)23-18-15(11-21)12-22-24(18)17-9-7-16(20)8-10-17/h2-10,12-13H,1H3,(H,23,25). The second-order valence-corrected chi connectivity index (χ2v) is 6.41. The molecule has 0 saturated carbocycles. The van der Waals surface area contributed by atoms with Gasteiger partial charge in [-0.3, -0.25) is 5.32 Å². The summed E-state index contributed by atoms with van der Waals surface area (Å²) < 4.78 is 7.81. The van der Waals surface area contributed by atoms with Crippen molar-refractivity contribution in [2.24, 2.45) is 0 Å². The number of hydrogen-bond donors (Lipinski definition) is 1. The molecule has 1 N–H and O–H groups in total. The molecule has 0 aliphatic carbocycles. The Kier molecular flexibility index (Phi) is 5.34. The van der Waals surface area contributed by atoms with E-state index in [4.69, 9.17) is 4.74 Å². The normalized spacial score (nSPS) is 11.4. The quantitative estimate of drug-likeness (QED) is 0.668. The predicted octanol–water partition coefficient (Wildman–Crippen LogP) is 4.82. The van der Waals surface area contributed by atoms with Crippen molar-refractivity contribution in [3.05, 3.63) is 76.4 Å². The van der Waals surface area contributed by atoms with Crippen LogP contribution in [0.15, 0.2) is 65.3 Å². The van der Waals surface area contributed by atoms with Crippen LogP contribution in [0.1, 0.15) is 24.2 Å². The van der Waals surface area contributed by atoms with Gasteiger partial charge in [0.05, 0.1) is 11.9 Å². The molecule has 3 aromatic rings. The fourth-order valence-electron chi connectivity index (χ4n) is 2.41. The highest BCUT2D eigenvalue weighted by molar-refractivity contribution is 9.10. The molecule has 0 saturated heterocycles. The first-order valence-electron chi connectivity index (χ1n) is 7.85. The lowest BCUT2D eigenvalue weighted by Crippen LogP contribution is -2.19. The van der Waals surface area contributed by atoms with Gasteiger partial charge in [-0.2, -0.15) is 10.4 Å². The Morgan fingerprint density at radius 1 is 1.23 bits per heavy atom. The zero-order valence-corrected chi connectivity index (χ0v) is 15.5. The molecule has 1 aromatic heterocycles. The van der Waals surface area contributed by atoms with Crippen LogP contribution in [-0.2, 0) is 4.74 Å². The summed E-state index contributed by atoms with van der Waals surface area (Å²) in [4.78, 5) is 12.3. The van der Waals surface area contributed by atoms with E-state index in [1.807, 2.05) is 60.7 Å². The van der Waals surface area contributed by atoms with E-state index in [2.05, 4.69) is 26.3 Å². The molecule has 0 radical (unpaired) electrons. The van der Waals surface area contributed by atoms with Gasteiger partial charge in [0.2, 0.25) is 0 Å². The minimum absolute atomic E-state index is 0.247. The molecule has 1 unspecified atom stereocenters. The number of nitriles is 1. The molecule has 1 heterocycles. The molecule has 7 heteroatoms. The van der Waals surface area contributed by atoms with Crippen LogP contribution in [0, 0.1) is 11.3 Å². The van der Waals surface area contributed by atoms with Crippen LogP contribution in [0.25, 0.3) is 5.69 Å². The molecular weight excluding hydrogens is 396 g/mol. The van der Waals surface area contributed by atoms with Crippen molar-refractivity contribution >= 4 is 27.8 Å². The van der Waals surface area contributed by atoms with Gasteiger partial charge in [-0.05, 0) is 36.8 Å². The third-order valence-corrected chi connectivity index (χ3v) is 4.26. The lowest BCUT2D eigenvalue weighted by molar-refractivity contribution is 0.121. The van der Waals surface area contributed by atoms with Crippen molar-refractivity contribution in [1.82, 2.24) is 9.78 Å². The smallest absolute Gasteiger partial charge is 0.413 e. The fraction of sp³-hybridized carbons (Fsp3) is 0.105. The summed E-state index contributed by atoms with van der Waals surface area (Å²) in [5, 5.41) is 16.1. The van der Waals surface area contributed by atoms with E-state index >= 15 is 0 Å². The van der Waals surface area contributed by atoms with Gasteiger partial charge in [0.15, 0.2) is 5.82 Å². The van der Waals surface area contributed by atoms with E-state index in [1.54, 1.807) is 6.92 Å². The second kappa shape index (κ2) is 7.85. The zero-order chi connectivity index (χ0) is 18.5. The van der Waals surface area contributed by atoms with E-state index in [9.17, 15) is 10.1 Å². The van der Waals surface area contributed by atoms with Gasteiger partial charge in [-0.25, -0.2) is 9.48 Å². The van der Waals surface area contributed by atoms with E-state index in [0.717, 1.165) is 10.0 Å². The van der Waals surface area contributed by atoms with Crippen molar-refractivity contribution in [2.75, 3.05) is 5.32 Å². The number of nitrogens with one attached hydrogen (secondary N) is 1. The van der Waals surface area contributed by atoms with E-state index in [-0.39, 0.29) is 11.4 Å². The monoisotopic (exact) mass is 410 g/mol. The van der Waals surface area contributed by atoms with Gasteiger partial charge in [0.25, 0.3) is 0 Å². The van der Waals surface area contributed by atoms with Crippen LogP contribution >= 0.6 is 15.9 Å². The van der Waals surface area contributed by atoms with Crippen LogP contribution in [0.3, 0.4) is 0 Å². The number of nitrogens with zero attached hydrogens (tertiary/aromatic N) is 3. The maximum atomic E-state index is 12.3. The van der Waals surface area contributed by atoms with Crippen LogP contribution in [-0.4, -0.2) is 15.9 Å². The van der Waals surface area contributed by atoms with E-state index in [1.165, 1.54) is 10.9 Å². The number of amides is 1. The number of carbonyl (C=O) groups excluding carboxylic acids is 1. The topological polar surface area (TPSA) is 79.9 Å². The lowest BCUT2D eigenvalue weighted by atomic mass is 10.1. The summed E-state index contributed by atoms with van der Waals surface area (Å²) in [5.41, 5.74) is 1.84. The minimum atomic E-state index is -0.656. The highest BCUT2D eigenvalue weighted by Crippen LogP contribution is 2.23. The lowest BCUT2D eigenvalue weighted by Gasteiger charge is -2.15. The number of anilines is 1. The molecule has 0 aliphatic rings. The number of ether oxygens (including phenoxy) is 1. The van der Waals surface area contributed by atoms with Gasteiger partial charge in [0.1, 0.15) is 17.7 Å². The first-order valence-corrected chi connectivity index (χ1v) is 8.64. The Morgan fingerprint density at radius 3 is 2.58 bits per heavy atom. The Balaban J connectivity index is 1.80. The largest absolute Gasteiger partial charge is 0.441 e. The average molecular weight is 411 g/mol. The summed E-state index contributed by atoms with van der Waals surface area (Å²) in [6.07, 6.45) is 0.320. The Bertz CT molecular complexity index is 946. The molecule has 26 heavy (non-hydrogen) atoms. The van der Waals surface area contributed by atoms with Crippen LogP contribution in [0.4, 0.5) is 10.6 Å². The van der Waals surface area contributed by atoms with E-state index in [0.29, 0.717) is 5.69 Å². The summed E-state index contributed by atoms with van der Waals surface area (Å²) in [6.45, 7) is 1.78. The summed E-state index contributed by atoms with van der Waals surface area (Å²) in [5.74, 6) is 0.264. The summed E-state index contributed by atoms with van der Waals surface area (Å²) in [6, 6.07) is 18.8. The first-order chi connectivity index (χ1) is 12.6. The van der Waals surface area contributed by atoms with E-state index < -0.39 is 12.2 Å². The van der Waals surface area contributed by atoms with Gasteiger partial charge >= 0.3 is 6.09 Å². The number of carbonyl (C=O) groups is 1. The molecule has 6 nitrogen and oxygen atoms in total. The number of rotatable bonds is 4. The zero-order valence-electron chi connectivity index (χ0n) is 13.9. The van der Waals surface area contributed by atoms with Crippen molar-refractivity contribution in [1.29, 1.82) is 5.26 Å². The molecule has 130 valence electrons. The maximum Gasteiger partial charge on any atom is 0.413 e. The Hall–Kier alpha value is -3.11. The molecule has 1 atom stereocenters. The summed E-state index contributed by atoms with van der Waals surface area (Å²) >= 11 is 3.37. The minimum Gasteiger partial charge on any atom is -0.441 e. The SMILES string of the molecule is CC(OC(=O)Nc1c(C#N)cnn1-c1ccc(Br)cc1)c1ccccc1. The fourth-order valence-corrected chi connectivity index (χ4v) is 2.67. The molecule has 0 fully saturated rings. The molecular formula is C19H15BrN4O2. The number of halogens is 1.